The number of carboxylic acid groups (broad SMARTS) is 1. The highest BCUT2D eigenvalue weighted by Crippen LogP contribution is 2.12. The molecule has 0 radical (unpaired) electrons. The molecule has 0 bridgehead atoms. The van der Waals surface area contributed by atoms with E-state index >= 15 is 0 Å². The number of nitrogens with one attached hydrogen (secondary N) is 2. The Hall–Kier alpha value is -1.63. The average molecular weight is 254 g/mol. The molecule has 0 saturated heterocycles. The lowest BCUT2D eigenvalue weighted by atomic mass is 10.1. The van der Waals surface area contributed by atoms with E-state index in [1.807, 2.05) is 30.3 Å². The lowest BCUT2D eigenvalue weighted by molar-refractivity contribution is 0.0958. The van der Waals surface area contributed by atoms with Crippen LogP contribution in [-0.2, 0) is 0 Å². The molecule has 0 saturated carbocycles. The lowest BCUT2D eigenvalue weighted by Gasteiger charge is -2.21. The van der Waals surface area contributed by atoms with Crippen LogP contribution in [0.4, 0.5) is 4.79 Å². The van der Waals surface area contributed by atoms with Crippen LogP contribution in [0, 0.1) is 0 Å². The number of hydrogen-bond donors (Lipinski definition) is 5. The van der Waals surface area contributed by atoms with Crippen LogP contribution in [0.3, 0.4) is 0 Å². The first-order chi connectivity index (χ1) is 8.63. The highest BCUT2D eigenvalue weighted by atomic mass is 16.4. The Morgan fingerprint density at radius 2 is 1.94 bits per heavy atom. The van der Waals surface area contributed by atoms with Crippen molar-refractivity contribution in [3.63, 3.8) is 0 Å². The van der Waals surface area contributed by atoms with Gasteiger partial charge in [0.1, 0.15) is 6.23 Å². The predicted octanol–water partition coefficient (Wildman–Crippen LogP) is 0.286. The minimum atomic E-state index is -1.12. The molecule has 1 aromatic rings. The van der Waals surface area contributed by atoms with Crippen molar-refractivity contribution in [1.29, 1.82) is 0 Å². The Morgan fingerprint density at radius 3 is 2.50 bits per heavy atom. The molecule has 0 aliphatic carbocycles. The molecule has 0 spiro atoms. The van der Waals surface area contributed by atoms with Gasteiger partial charge in [-0.05, 0) is 5.56 Å². The zero-order valence-corrected chi connectivity index (χ0v) is 9.91. The topological polar surface area (TPSA) is 102 Å². The maximum Gasteiger partial charge on any atom is 0.404 e. The largest absolute Gasteiger partial charge is 0.465 e. The van der Waals surface area contributed by atoms with Crippen LogP contribution in [0.1, 0.15) is 18.0 Å². The number of carbonyl (C=O) groups is 1. The molecule has 100 valence electrons. The van der Waals surface area contributed by atoms with Crippen molar-refractivity contribution >= 4 is 6.09 Å². The molecular formula is C12H18N2O4. The van der Waals surface area contributed by atoms with Crippen LogP contribution >= 0.6 is 0 Å². The van der Waals surface area contributed by atoms with Crippen LogP contribution in [0.5, 0.6) is 0 Å². The van der Waals surface area contributed by atoms with Crippen molar-refractivity contribution < 1.29 is 20.1 Å². The van der Waals surface area contributed by atoms with Gasteiger partial charge in [-0.15, -0.1) is 0 Å². The van der Waals surface area contributed by atoms with Gasteiger partial charge in [0.25, 0.3) is 0 Å². The molecule has 0 aliphatic heterocycles. The predicted molar refractivity (Wildman–Crippen MR) is 66.1 cm³/mol. The van der Waals surface area contributed by atoms with E-state index in [1.54, 1.807) is 0 Å². The van der Waals surface area contributed by atoms with Gasteiger partial charge in [0.05, 0.1) is 12.6 Å². The van der Waals surface area contributed by atoms with E-state index in [0.717, 1.165) is 5.56 Å². The van der Waals surface area contributed by atoms with Gasteiger partial charge >= 0.3 is 6.09 Å². The Bertz CT molecular complexity index is 358. The number of amides is 1. The van der Waals surface area contributed by atoms with Crippen molar-refractivity contribution in [3.05, 3.63) is 35.9 Å². The van der Waals surface area contributed by atoms with E-state index in [-0.39, 0.29) is 25.6 Å². The molecule has 0 aromatic heterocycles. The van der Waals surface area contributed by atoms with Crippen molar-refractivity contribution in [2.45, 2.75) is 18.7 Å². The summed E-state index contributed by atoms with van der Waals surface area (Å²) in [5, 5.41) is 32.3. The Kier molecular flexibility index (Phi) is 6.13. The fourth-order valence-corrected chi connectivity index (χ4v) is 1.57. The zero-order chi connectivity index (χ0) is 13.4. The van der Waals surface area contributed by atoms with Crippen LogP contribution < -0.4 is 10.6 Å². The second-order valence-corrected chi connectivity index (χ2v) is 3.85. The normalized spacial score (nSPS) is 13.9. The first-order valence-corrected chi connectivity index (χ1v) is 5.70. The molecule has 0 fully saturated rings. The SMILES string of the molecule is O=C(O)NCCC(O)N[C@@H](CO)c1ccccc1. The fraction of sp³-hybridized carbons (Fsp3) is 0.417. The maximum atomic E-state index is 10.2. The summed E-state index contributed by atoms with van der Waals surface area (Å²) in [4.78, 5) is 10.2. The van der Waals surface area contributed by atoms with E-state index in [2.05, 4.69) is 10.6 Å². The molecule has 1 aromatic carbocycles. The summed E-state index contributed by atoms with van der Waals surface area (Å²) < 4.78 is 0. The average Bonchev–Trinajstić information content (AvgIpc) is 2.36. The first-order valence-electron chi connectivity index (χ1n) is 5.70. The molecule has 6 heteroatoms. The molecule has 1 rings (SSSR count). The van der Waals surface area contributed by atoms with E-state index in [4.69, 9.17) is 5.11 Å². The number of rotatable bonds is 7. The number of aliphatic hydroxyl groups is 2. The summed E-state index contributed by atoms with van der Waals surface area (Å²) in [6, 6.07) is 8.87. The van der Waals surface area contributed by atoms with E-state index in [0.29, 0.717) is 0 Å². The fourth-order valence-electron chi connectivity index (χ4n) is 1.57. The third-order valence-electron chi connectivity index (χ3n) is 2.47. The summed E-state index contributed by atoms with van der Waals surface area (Å²) in [6.07, 6.45) is -1.77. The molecular weight excluding hydrogens is 236 g/mol. The standard InChI is InChI=1S/C12H18N2O4/c15-8-10(9-4-2-1-3-5-9)14-11(16)6-7-13-12(17)18/h1-5,10-11,13-16H,6-8H2,(H,17,18)/t10-,11?/m0/s1. The highest BCUT2D eigenvalue weighted by molar-refractivity contribution is 5.64. The minimum absolute atomic E-state index is 0.145. The van der Waals surface area contributed by atoms with Crippen LogP contribution in [-0.4, -0.2) is 40.8 Å². The second kappa shape index (κ2) is 7.65. The number of benzene rings is 1. The number of hydrogen-bond acceptors (Lipinski definition) is 4. The second-order valence-electron chi connectivity index (χ2n) is 3.85. The van der Waals surface area contributed by atoms with E-state index in [1.165, 1.54) is 0 Å². The van der Waals surface area contributed by atoms with Crippen molar-refractivity contribution in [2.75, 3.05) is 13.2 Å². The monoisotopic (exact) mass is 254 g/mol. The third kappa shape index (κ3) is 5.13. The first kappa shape index (κ1) is 14.4. The Balaban J connectivity index is 2.41. The Labute approximate surface area is 105 Å². The van der Waals surface area contributed by atoms with Gasteiger partial charge in [0.15, 0.2) is 0 Å². The quantitative estimate of drug-likeness (QED) is 0.450. The summed E-state index contributed by atoms with van der Waals surface area (Å²) in [5.74, 6) is 0. The van der Waals surface area contributed by atoms with Crippen molar-refractivity contribution in [1.82, 2.24) is 10.6 Å². The highest BCUT2D eigenvalue weighted by Gasteiger charge is 2.14. The van der Waals surface area contributed by atoms with Gasteiger partial charge in [-0.2, -0.15) is 0 Å². The zero-order valence-electron chi connectivity index (χ0n) is 9.91. The molecule has 2 atom stereocenters. The summed E-state index contributed by atoms with van der Waals surface area (Å²) in [5.41, 5.74) is 0.866. The van der Waals surface area contributed by atoms with Gasteiger partial charge in [-0.25, -0.2) is 4.79 Å². The molecule has 1 unspecified atom stereocenters. The summed E-state index contributed by atoms with van der Waals surface area (Å²) in [7, 11) is 0. The molecule has 18 heavy (non-hydrogen) atoms. The molecule has 0 aliphatic rings. The van der Waals surface area contributed by atoms with Crippen LogP contribution in [0.2, 0.25) is 0 Å². The molecule has 6 nitrogen and oxygen atoms in total. The minimum Gasteiger partial charge on any atom is -0.465 e. The smallest absolute Gasteiger partial charge is 0.404 e. The third-order valence-corrected chi connectivity index (χ3v) is 2.47. The van der Waals surface area contributed by atoms with Gasteiger partial charge in [-0.1, -0.05) is 30.3 Å². The lowest BCUT2D eigenvalue weighted by Crippen LogP contribution is -2.37. The van der Waals surface area contributed by atoms with Gasteiger partial charge in [0.2, 0.25) is 0 Å². The van der Waals surface area contributed by atoms with Crippen molar-refractivity contribution in [3.8, 4) is 0 Å². The van der Waals surface area contributed by atoms with Gasteiger partial charge in [0, 0.05) is 13.0 Å². The van der Waals surface area contributed by atoms with Crippen LogP contribution in [0.15, 0.2) is 30.3 Å². The van der Waals surface area contributed by atoms with Gasteiger partial charge < -0.3 is 20.6 Å². The molecule has 0 heterocycles. The maximum absolute atomic E-state index is 10.2. The number of aliphatic hydroxyl groups excluding tert-OH is 2. The van der Waals surface area contributed by atoms with E-state index in [9.17, 15) is 15.0 Å². The Morgan fingerprint density at radius 1 is 1.28 bits per heavy atom. The summed E-state index contributed by atoms with van der Waals surface area (Å²) >= 11 is 0. The van der Waals surface area contributed by atoms with Gasteiger partial charge in [-0.3, -0.25) is 5.32 Å². The molecule has 1 amide bonds. The van der Waals surface area contributed by atoms with Crippen LogP contribution in [0.25, 0.3) is 0 Å². The van der Waals surface area contributed by atoms with E-state index < -0.39 is 12.3 Å². The molecule has 5 N–H and O–H groups in total. The van der Waals surface area contributed by atoms with Crippen molar-refractivity contribution in [2.24, 2.45) is 0 Å². The summed E-state index contributed by atoms with van der Waals surface area (Å²) in [6.45, 7) is 0.00384.